The fourth-order valence-electron chi connectivity index (χ4n) is 8.12. The lowest BCUT2D eigenvalue weighted by Gasteiger charge is -2.28. The van der Waals surface area contributed by atoms with E-state index in [1.165, 1.54) is 14.2 Å². The van der Waals surface area contributed by atoms with Crippen molar-refractivity contribution >= 4 is 52.5 Å². The third-order valence-corrected chi connectivity index (χ3v) is 11.0. The predicted octanol–water partition coefficient (Wildman–Crippen LogP) is 7.47. The first-order valence-corrected chi connectivity index (χ1v) is 19.8. The summed E-state index contributed by atoms with van der Waals surface area (Å²) in [5, 5.41) is 2.72. The second kappa shape index (κ2) is 17.8. The summed E-state index contributed by atoms with van der Waals surface area (Å²) in [5.74, 6) is 1.15. The van der Waals surface area contributed by atoms with Crippen LogP contribution in [0.2, 0.25) is 0 Å². The number of H-pyrrole nitrogens is 2. The maximum Gasteiger partial charge on any atom is 0.407 e. The van der Waals surface area contributed by atoms with Gasteiger partial charge in [0.25, 0.3) is 11.8 Å². The van der Waals surface area contributed by atoms with Crippen LogP contribution in [0.15, 0.2) is 108 Å². The highest BCUT2D eigenvalue weighted by atomic mass is 17.2. The maximum atomic E-state index is 13.9. The molecule has 59 heavy (non-hydrogen) atoms. The summed E-state index contributed by atoms with van der Waals surface area (Å²) in [7, 11) is 2.67. The number of hydrogen-bond donors (Lipinski definition) is 3. The SMILES string of the molecule is COOC=N[C@H](C(=O)N1CCC[C@H]1c1nc2ccc(CC=Cc3ccc4nc([C@@H]5CCCN5C(=O)[C@H](NC(=O)OC)c5ccccc5)[nH]c4c3)cc2[nH]1)c1ccccc1. The monoisotopic (exact) mass is 794 g/mol. The normalized spacial score (nSPS) is 17.9. The van der Waals surface area contributed by atoms with Crippen LogP contribution in [0.4, 0.5) is 4.79 Å². The molecule has 8 rings (SSSR count). The number of aromatic nitrogens is 4. The minimum atomic E-state index is -0.878. The molecule has 2 saturated heterocycles. The van der Waals surface area contributed by atoms with Crippen molar-refractivity contribution < 1.29 is 28.9 Å². The summed E-state index contributed by atoms with van der Waals surface area (Å²) < 4.78 is 4.84. The molecule has 3 amide bonds. The quantitative estimate of drug-likeness (QED) is 0.0469. The number of fused-ring (bicyclic) bond motifs is 2. The van der Waals surface area contributed by atoms with Gasteiger partial charge in [0.15, 0.2) is 6.04 Å². The van der Waals surface area contributed by atoms with E-state index in [1.54, 1.807) is 4.90 Å². The summed E-state index contributed by atoms with van der Waals surface area (Å²) in [5.41, 5.74) is 7.04. The molecule has 4 aromatic carbocycles. The molecule has 2 aliphatic rings. The number of amides is 3. The lowest BCUT2D eigenvalue weighted by molar-refractivity contribution is -0.188. The number of aliphatic imine (C=N–C) groups is 1. The van der Waals surface area contributed by atoms with Crippen molar-refractivity contribution in [2.45, 2.75) is 56.3 Å². The van der Waals surface area contributed by atoms with Gasteiger partial charge in [0.1, 0.15) is 17.7 Å². The zero-order chi connectivity index (χ0) is 40.7. The van der Waals surface area contributed by atoms with Crippen molar-refractivity contribution in [2.75, 3.05) is 27.3 Å². The van der Waals surface area contributed by atoms with Gasteiger partial charge in [0.05, 0.1) is 48.4 Å². The van der Waals surface area contributed by atoms with Gasteiger partial charge in [0, 0.05) is 13.1 Å². The van der Waals surface area contributed by atoms with Crippen molar-refractivity contribution in [3.63, 3.8) is 0 Å². The Morgan fingerprint density at radius 2 is 1.41 bits per heavy atom. The molecule has 6 aromatic rings. The minimum Gasteiger partial charge on any atom is -0.453 e. The Balaban J connectivity index is 0.940. The highest BCUT2D eigenvalue weighted by Gasteiger charge is 2.38. The van der Waals surface area contributed by atoms with Crippen LogP contribution in [0.1, 0.15) is 83.8 Å². The van der Waals surface area contributed by atoms with E-state index in [-0.39, 0.29) is 23.9 Å². The first-order valence-electron chi connectivity index (χ1n) is 19.8. The lowest BCUT2D eigenvalue weighted by Crippen LogP contribution is -2.42. The van der Waals surface area contributed by atoms with Crippen molar-refractivity contribution in [1.82, 2.24) is 35.1 Å². The Kier molecular flexibility index (Phi) is 11.8. The van der Waals surface area contributed by atoms with E-state index in [0.717, 1.165) is 82.5 Å². The van der Waals surface area contributed by atoms with Gasteiger partial charge in [-0.2, -0.15) is 4.89 Å². The Labute approximate surface area is 341 Å². The Hall–Kier alpha value is -6.80. The molecule has 0 spiro atoms. The summed E-state index contributed by atoms with van der Waals surface area (Å²) in [6.07, 6.45) is 8.64. The highest BCUT2D eigenvalue weighted by Crippen LogP contribution is 2.36. The van der Waals surface area contributed by atoms with Gasteiger partial charge in [-0.15, -0.1) is 0 Å². The number of aromatic amines is 2. The van der Waals surface area contributed by atoms with Crippen LogP contribution in [0.5, 0.6) is 0 Å². The summed E-state index contributed by atoms with van der Waals surface area (Å²) >= 11 is 0. The van der Waals surface area contributed by atoms with Gasteiger partial charge >= 0.3 is 6.09 Å². The molecule has 0 bridgehead atoms. The Morgan fingerprint density at radius 1 is 0.797 bits per heavy atom. The number of nitrogens with one attached hydrogen (secondary N) is 3. The number of alkyl carbamates (subject to hydrolysis) is 1. The van der Waals surface area contributed by atoms with Gasteiger partial charge in [-0.1, -0.05) is 84.9 Å². The number of allylic oxidation sites excluding steroid dienone is 1. The summed E-state index contributed by atoms with van der Waals surface area (Å²) in [4.78, 5) is 74.5. The molecule has 4 atom stereocenters. The van der Waals surface area contributed by atoms with Crippen molar-refractivity contribution in [3.8, 4) is 0 Å². The average Bonchev–Trinajstić information content (AvgIpc) is 4.10. The standard InChI is InChI=1S/C45H46N8O6/c1-57-45(56)51-40(32-16-7-4-8-17-32)44(55)53-25-11-19-38(53)42-48-34-23-21-30(27-36(34)50-42)13-9-12-29-20-22-33-35(26-29)49-41(47-33)37-18-10-24-52(37)43(54)39(46-28-59-58-2)31-14-5-3-6-15-31/h3-9,13-17,20-23,26-28,37-40H,10-12,18-19,24-25H2,1-2H3,(H,47,49)(H,48,50)(H,51,56)/t37-,38-,39-,40+/m0/s1. The largest absolute Gasteiger partial charge is 0.453 e. The molecule has 0 radical (unpaired) electrons. The molecule has 14 heteroatoms. The van der Waals surface area contributed by atoms with Gasteiger partial charge in [-0.05, 0) is 78.6 Å². The fourth-order valence-corrected chi connectivity index (χ4v) is 8.12. The van der Waals surface area contributed by atoms with Gasteiger partial charge < -0.3 is 34.7 Å². The fraction of sp³-hybridized carbons (Fsp3) is 0.289. The molecule has 0 aliphatic carbocycles. The van der Waals surface area contributed by atoms with Crippen molar-refractivity contribution in [1.29, 1.82) is 0 Å². The van der Waals surface area contributed by atoms with Crippen LogP contribution >= 0.6 is 0 Å². The maximum absolute atomic E-state index is 13.9. The minimum absolute atomic E-state index is 0.122. The first kappa shape index (κ1) is 39.0. The van der Waals surface area contributed by atoms with E-state index in [2.05, 4.69) is 55.5 Å². The zero-order valence-electron chi connectivity index (χ0n) is 32.9. The molecule has 302 valence electrons. The van der Waals surface area contributed by atoms with E-state index in [0.29, 0.717) is 25.1 Å². The Bertz CT molecular complexity index is 2480. The third kappa shape index (κ3) is 8.58. The van der Waals surface area contributed by atoms with Crippen LogP contribution in [0.25, 0.3) is 28.1 Å². The number of rotatable bonds is 13. The number of imidazole rings is 2. The van der Waals surface area contributed by atoms with Crippen LogP contribution in [-0.4, -0.2) is 81.4 Å². The molecular weight excluding hydrogens is 749 g/mol. The molecule has 14 nitrogen and oxygen atoms in total. The van der Waals surface area contributed by atoms with Crippen LogP contribution in [0, 0.1) is 0 Å². The number of carbonyl (C=O) groups is 3. The number of hydrogen-bond acceptors (Lipinski definition) is 9. The molecule has 0 saturated carbocycles. The van der Waals surface area contributed by atoms with Crippen LogP contribution in [-0.2, 0) is 30.5 Å². The number of likely N-dealkylation sites (tertiary alicyclic amines) is 2. The van der Waals surface area contributed by atoms with Gasteiger partial charge in [-0.25, -0.2) is 19.8 Å². The smallest absolute Gasteiger partial charge is 0.407 e. The first-order chi connectivity index (χ1) is 28.9. The van der Waals surface area contributed by atoms with Gasteiger partial charge in [-0.3, -0.25) is 9.59 Å². The van der Waals surface area contributed by atoms with E-state index in [4.69, 9.17) is 19.6 Å². The number of benzene rings is 4. The van der Waals surface area contributed by atoms with E-state index in [1.807, 2.05) is 83.8 Å². The molecule has 2 aliphatic heterocycles. The Morgan fingerprint density at radius 3 is 2.05 bits per heavy atom. The number of nitrogens with zero attached hydrogens (tertiary/aromatic N) is 5. The van der Waals surface area contributed by atoms with Gasteiger partial charge in [0.2, 0.25) is 6.40 Å². The van der Waals surface area contributed by atoms with Crippen molar-refractivity contribution in [2.24, 2.45) is 4.99 Å². The molecule has 2 aromatic heterocycles. The zero-order valence-corrected chi connectivity index (χ0v) is 32.9. The van der Waals surface area contributed by atoms with E-state index >= 15 is 0 Å². The molecular formula is C45H46N8O6. The summed E-state index contributed by atoms with van der Waals surface area (Å²) in [6, 6.07) is 28.8. The lowest BCUT2D eigenvalue weighted by atomic mass is 10.1. The molecule has 3 N–H and O–H groups in total. The molecule has 4 heterocycles. The van der Waals surface area contributed by atoms with Crippen molar-refractivity contribution in [3.05, 3.63) is 137 Å². The van der Waals surface area contributed by atoms with E-state index in [9.17, 15) is 14.4 Å². The summed E-state index contributed by atoms with van der Waals surface area (Å²) in [6.45, 7) is 1.16. The average molecular weight is 795 g/mol. The van der Waals surface area contributed by atoms with E-state index < -0.39 is 18.2 Å². The number of ether oxygens (including phenoxy) is 1. The number of methoxy groups -OCH3 is 1. The third-order valence-electron chi connectivity index (χ3n) is 11.0. The highest BCUT2D eigenvalue weighted by molar-refractivity contribution is 5.88. The molecule has 0 unspecified atom stereocenters. The molecule has 2 fully saturated rings. The van der Waals surface area contributed by atoms with Crippen LogP contribution in [0.3, 0.4) is 0 Å². The topological polar surface area (TPSA) is 167 Å². The van der Waals surface area contributed by atoms with Crippen LogP contribution < -0.4 is 5.32 Å². The predicted molar refractivity (Wildman–Crippen MR) is 223 cm³/mol. The second-order valence-electron chi connectivity index (χ2n) is 14.7. The number of carbonyl (C=O) groups excluding carboxylic acids is 3. The second-order valence-corrected chi connectivity index (χ2v) is 14.7.